The van der Waals surface area contributed by atoms with Crippen molar-refractivity contribution in [1.82, 2.24) is 0 Å². The Morgan fingerprint density at radius 2 is 1.33 bits per heavy atom. The third kappa shape index (κ3) is 1.29. The van der Waals surface area contributed by atoms with Crippen LogP contribution in [0.5, 0.6) is 0 Å². The predicted molar refractivity (Wildman–Crippen MR) is 70.0 cm³/mol. The highest BCUT2D eigenvalue weighted by Gasteiger charge is 2.61. The second-order valence-electron chi connectivity index (χ2n) is 6.49. The zero-order valence-electron chi connectivity index (χ0n) is 11.1. The topological polar surface area (TPSA) is 34.1 Å². The van der Waals surface area contributed by atoms with Crippen molar-refractivity contribution in [2.45, 2.75) is 39.5 Å². The van der Waals surface area contributed by atoms with E-state index in [2.05, 4.69) is 24.3 Å². The Labute approximate surface area is 108 Å². The van der Waals surface area contributed by atoms with Crippen LogP contribution in [0.1, 0.15) is 39.5 Å². The Kier molecular flexibility index (Phi) is 2.42. The first kappa shape index (κ1) is 11.9. The lowest BCUT2D eigenvalue weighted by atomic mass is 9.48. The molecule has 96 valence electrons. The molecule has 3 aliphatic rings. The summed E-state index contributed by atoms with van der Waals surface area (Å²) in [6.07, 6.45) is 11.2. The van der Waals surface area contributed by atoms with Gasteiger partial charge in [-0.15, -0.1) is 0 Å². The Morgan fingerprint density at radius 3 is 1.78 bits per heavy atom. The normalized spacial score (nSPS) is 46.8. The number of rotatable bonds is 0. The molecule has 0 bridgehead atoms. The molecule has 0 aromatic heterocycles. The largest absolute Gasteiger partial charge is 0.299 e. The van der Waals surface area contributed by atoms with Crippen LogP contribution < -0.4 is 0 Å². The molecule has 0 saturated heterocycles. The van der Waals surface area contributed by atoms with E-state index in [4.69, 9.17) is 0 Å². The second-order valence-corrected chi connectivity index (χ2v) is 6.49. The smallest absolute Gasteiger partial charge is 0.146 e. The SMILES string of the molecule is CC12CC=CCC1C(=O)C1CC=CCC1(C)C2=O. The summed E-state index contributed by atoms with van der Waals surface area (Å²) in [5, 5.41) is 0. The van der Waals surface area contributed by atoms with Crippen molar-refractivity contribution < 1.29 is 9.59 Å². The molecule has 1 fully saturated rings. The van der Waals surface area contributed by atoms with Gasteiger partial charge in [0.05, 0.1) is 0 Å². The number of allylic oxidation sites excluding steroid dienone is 4. The molecular weight excluding hydrogens is 224 g/mol. The average molecular weight is 244 g/mol. The first-order chi connectivity index (χ1) is 8.50. The highest BCUT2D eigenvalue weighted by molar-refractivity contribution is 6.04. The molecule has 0 N–H and O–H groups in total. The summed E-state index contributed by atoms with van der Waals surface area (Å²) in [7, 11) is 0. The van der Waals surface area contributed by atoms with Gasteiger partial charge in [-0.3, -0.25) is 9.59 Å². The van der Waals surface area contributed by atoms with Gasteiger partial charge in [-0.25, -0.2) is 0 Å². The summed E-state index contributed by atoms with van der Waals surface area (Å²) in [5.41, 5.74) is -0.912. The molecule has 0 amide bonds. The van der Waals surface area contributed by atoms with E-state index < -0.39 is 10.8 Å². The molecule has 3 rings (SSSR count). The third-order valence-electron chi connectivity index (χ3n) is 5.42. The highest BCUT2D eigenvalue weighted by Crippen LogP contribution is 2.55. The summed E-state index contributed by atoms with van der Waals surface area (Å²) >= 11 is 0. The molecule has 1 saturated carbocycles. The monoisotopic (exact) mass is 244 g/mol. The van der Waals surface area contributed by atoms with Gasteiger partial charge in [0.1, 0.15) is 11.6 Å². The van der Waals surface area contributed by atoms with Crippen molar-refractivity contribution in [3.05, 3.63) is 24.3 Å². The molecule has 2 nitrogen and oxygen atoms in total. The van der Waals surface area contributed by atoms with Crippen LogP contribution in [0.3, 0.4) is 0 Å². The second kappa shape index (κ2) is 3.66. The van der Waals surface area contributed by atoms with E-state index in [9.17, 15) is 9.59 Å². The van der Waals surface area contributed by atoms with Gasteiger partial charge in [0.15, 0.2) is 0 Å². The summed E-state index contributed by atoms with van der Waals surface area (Å²) < 4.78 is 0. The highest BCUT2D eigenvalue weighted by atomic mass is 16.1. The van der Waals surface area contributed by atoms with Crippen LogP contribution in [-0.4, -0.2) is 11.6 Å². The van der Waals surface area contributed by atoms with E-state index in [1.54, 1.807) is 0 Å². The summed E-state index contributed by atoms with van der Waals surface area (Å²) in [5.74, 6) is 0.478. The fourth-order valence-corrected chi connectivity index (χ4v) is 4.18. The first-order valence-corrected chi connectivity index (χ1v) is 6.89. The van der Waals surface area contributed by atoms with Gasteiger partial charge in [0, 0.05) is 22.7 Å². The number of ketones is 2. The zero-order valence-corrected chi connectivity index (χ0v) is 11.1. The summed E-state index contributed by atoms with van der Waals surface area (Å²) in [6, 6.07) is 0. The van der Waals surface area contributed by atoms with Crippen molar-refractivity contribution in [1.29, 1.82) is 0 Å². The van der Waals surface area contributed by atoms with Gasteiger partial charge in [0.2, 0.25) is 0 Å². The Bertz CT molecular complexity index is 433. The fourth-order valence-electron chi connectivity index (χ4n) is 4.18. The number of Topliss-reactive ketones (excluding diaryl/α,β-unsaturated/α-hetero) is 2. The molecule has 2 heteroatoms. The van der Waals surface area contributed by atoms with Crippen LogP contribution in [0.2, 0.25) is 0 Å². The summed E-state index contributed by atoms with van der Waals surface area (Å²) in [6.45, 7) is 4.00. The molecule has 18 heavy (non-hydrogen) atoms. The summed E-state index contributed by atoms with van der Waals surface area (Å²) in [4.78, 5) is 25.7. The Hall–Kier alpha value is -1.18. The van der Waals surface area contributed by atoms with Gasteiger partial charge >= 0.3 is 0 Å². The molecule has 3 aliphatic carbocycles. The Morgan fingerprint density at radius 1 is 0.889 bits per heavy atom. The molecule has 4 unspecified atom stereocenters. The lowest BCUT2D eigenvalue weighted by Gasteiger charge is -2.52. The van der Waals surface area contributed by atoms with Crippen molar-refractivity contribution in [3.63, 3.8) is 0 Å². The lowest BCUT2D eigenvalue weighted by Crippen LogP contribution is -2.59. The van der Waals surface area contributed by atoms with E-state index >= 15 is 0 Å². The minimum absolute atomic E-state index is 0.0837. The maximum atomic E-state index is 13.0. The van der Waals surface area contributed by atoms with E-state index in [0.717, 1.165) is 25.7 Å². The number of carbonyl (C=O) groups is 2. The number of fused-ring (bicyclic) bond motifs is 2. The van der Waals surface area contributed by atoms with Crippen molar-refractivity contribution >= 4 is 11.6 Å². The quantitative estimate of drug-likeness (QED) is 0.614. The van der Waals surface area contributed by atoms with E-state index in [1.165, 1.54) is 0 Å². The van der Waals surface area contributed by atoms with Gasteiger partial charge in [-0.05, 0) is 25.7 Å². The molecule has 0 radical (unpaired) electrons. The van der Waals surface area contributed by atoms with Gasteiger partial charge in [-0.2, -0.15) is 0 Å². The number of hydrogen-bond acceptors (Lipinski definition) is 2. The van der Waals surface area contributed by atoms with Gasteiger partial charge in [0.25, 0.3) is 0 Å². The number of hydrogen-bond donors (Lipinski definition) is 0. The van der Waals surface area contributed by atoms with Crippen LogP contribution >= 0.6 is 0 Å². The van der Waals surface area contributed by atoms with Crippen molar-refractivity contribution in [3.8, 4) is 0 Å². The van der Waals surface area contributed by atoms with Gasteiger partial charge in [-0.1, -0.05) is 38.2 Å². The molecular formula is C16H20O2. The van der Waals surface area contributed by atoms with Crippen molar-refractivity contribution in [2.75, 3.05) is 0 Å². The predicted octanol–water partition coefficient (Wildman–Crippen LogP) is 3.08. The minimum Gasteiger partial charge on any atom is -0.299 e. The molecule has 4 atom stereocenters. The lowest BCUT2D eigenvalue weighted by molar-refractivity contribution is -0.162. The zero-order chi connectivity index (χ0) is 13.0. The van der Waals surface area contributed by atoms with E-state index in [0.29, 0.717) is 11.6 Å². The molecule has 0 spiro atoms. The minimum atomic E-state index is -0.456. The molecule has 0 aromatic rings. The van der Waals surface area contributed by atoms with Crippen LogP contribution in [0.15, 0.2) is 24.3 Å². The molecule has 0 aliphatic heterocycles. The van der Waals surface area contributed by atoms with E-state index in [-0.39, 0.29) is 11.8 Å². The van der Waals surface area contributed by atoms with Crippen LogP contribution in [0.4, 0.5) is 0 Å². The Balaban J connectivity index is 2.11. The standard InChI is InChI=1S/C16H20O2/c1-15-9-5-3-7-11(15)13(17)12-8-4-6-10-16(12,2)14(15)18/h3-6,11-12H,7-10H2,1-2H3. The van der Waals surface area contributed by atoms with E-state index in [1.807, 2.05) is 13.8 Å². The van der Waals surface area contributed by atoms with Gasteiger partial charge < -0.3 is 0 Å². The third-order valence-corrected chi connectivity index (χ3v) is 5.42. The van der Waals surface area contributed by atoms with Crippen LogP contribution in [0, 0.1) is 22.7 Å². The maximum absolute atomic E-state index is 13.0. The fraction of sp³-hybridized carbons (Fsp3) is 0.625. The average Bonchev–Trinajstić information content (AvgIpc) is 2.37. The molecule has 0 aromatic carbocycles. The van der Waals surface area contributed by atoms with Crippen LogP contribution in [-0.2, 0) is 9.59 Å². The number of carbonyl (C=O) groups excluding carboxylic acids is 2. The van der Waals surface area contributed by atoms with Crippen molar-refractivity contribution in [2.24, 2.45) is 22.7 Å². The van der Waals surface area contributed by atoms with Crippen LogP contribution in [0.25, 0.3) is 0 Å². The molecule has 0 heterocycles. The first-order valence-electron chi connectivity index (χ1n) is 6.89. The maximum Gasteiger partial charge on any atom is 0.146 e.